The van der Waals surface area contributed by atoms with Gasteiger partial charge in [0.2, 0.25) is 12.4 Å². The first-order valence-corrected chi connectivity index (χ1v) is 10.5. The highest BCUT2D eigenvalue weighted by Gasteiger charge is 2.45. The molecule has 0 amide bonds. The first-order chi connectivity index (χ1) is 14.0. The molecule has 0 saturated heterocycles. The fourth-order valence-corrected chi connectivity index (χ4v) is 6.28. The molecule has 0 saturated carbocycles. The number of aryl methyl sites for hydroxylation is 2. The number of hydrogen-bond acceptors (Lipinski definition) is 0. The molecule has 0 radical (unpaired) electrons. The Morgan fingerprint density at radius 3 is 2.45 bits per heavy atom. The van der Waals surface area contributed by atoms with Crippen molar-refractivity contribution in [3.05, 3.63) is 77.1 Å². The third kappa shape index (κ3) is 1.61. The van der Waals surface area contributed by atoms with Gasteiger partial charge in [-0.1, -0.05) is 50.2 Å². The minimum atomic E-state index is 0.0216. The lowest BCUT2D eigenvalue weighted by molar-refractivity contribution is -0.690. The second kappa shape index (κ2) is 4.71. The molecule has 0 fully saturated rings. The standard InChI is InChI=1S/C27H23N2/c1-15-11-12-28-14-29-16(2)13-20-18-8-6-5-7-17(18)19-9-10-21-23(22(19)25(20)29)26(28)24(15)27(21,3)4/h5-13H,14H2,1-4H3/q+1. The molecule has 2 aromatic heterocycles. The van der Waals surface area contributed by atoms with E-state index in [2.05, 4.69) is 91.6 Å². The van der Waals surface area contributed by atoms with Crippen molar-refractivity contribution in [3.8, 4) is 11.3 Å². The fourth-order valence-electron chi connectivity index (χ4n) is 6.28. The van der Waals surface area contributed by atoms with Crippen LogP contribution >= 0.6 is 0 Å². The van der Waals surface area contributed by atoms with Gasteiger partial charge in [-0.3, -0.25) is 4.57 Å². The Morgan fingerprint density at radius 2 is 1.66 bits per heavy atom. The number of hydrogen-bond donors (Lipinski definition) is 0. The van der Waals surface area contributed by atoms with Crippen LogP contribution in [0, 0.1) is 13.8 Å². The molecule has 3 aromatic carbocycles. The van der Waals surface area contributed by atoms with E-state index in [9.17, 15) is 0 Å². The van der Waals surface area contributed by atoms with Gasteiger partial charge in [0.05, 0.1) is 11.1 Å². The summed E-state index contributed by atoms with van der Waals surface area (Å²) in [5, 5.41) is 6.93. The van der Waals surface area contributed by atoms with Crippen molar-refractivity contribution in [1.29, 1.82) is 0 Å². The van der Waals surface area contributed by atoms with Gasteiger partial charge in [-0.2, -0.15) is 4.57 Å². The molecule has 0 bridgehead atoms. The molecule has 5 aromatic rings. The van der Waals surface area contributed by atoms with E-state index in [1.54, 1.807) is 0 Å². The average Bonchev–Trinajstić information content (AvgIpc) is 3.10. The van der Waals surface area contributed by atoms with E-state index in [0.29, 0.717) is 0 Å². The third-order valence-electron chi connectivity index (χ3n) is 7.51. The van der Waals surface area contributed by atoms with Crippen LogP contribution in [0.15, 0.2) is 54.7 Å². The van der Waals surface area contributed by atoms with Crippen molar-refractivity contribution in [2.75, 3.05) is 0 Å². The first-order valence-electron chi connectivity index (χ1n) is 10.5. The molecule has 2 heteroatoms. The quantitative estimate of drug-likeness (QED) is 0.228. The zero-order valence-corrected chi connectivity index (χ0v) is 17.3. The Kier molecular flexibility index (Phi) is 2.56. The van der Waals surface area contributed by atoms with Gasteiger partial charge in [0.1, 0.15) is 0 Å². The summed E-state index contributed by atoms with van der Waals surface area (Å²) in [6, 6.07) is 18.4. The highest BCUT2D eigenvalue weighted by Crippen LogP contribution is 2.54. The Balaban J connectivity index is 1.89. The Morgan fingerprint density at radius 1 is 0.897 bits per heavy atom. The van der Waals surface area contributed by atoms with Crippen LogP contribution in [0.4, 0.5) is 0 Å². The lowest BCUT2D eigenvalue weighted by Gasteiger charge is -2.22. The normalized spacial score (nSPS) is 15.7. The van der Waals surface area contributed by atoms with E-state index in [4.69, 9.17) is 0 Å². The van der Waals surface area contributed by atoms with Gasteiger partial charge in [0, 0.05) is 33.5 Å². The lowest BCUT2D eigenvalue weighted by atomic mass is 9.80. The van der Waals surface area contributed by atoms with Gasteiger partial charge >= 0.3 is 0 Å². The molecule has 140 valence electrons. The second-order valence-corrected chi connectivity index (χ2v) is 9.39. The van der Waals surface area contributed by atoms with Crippen molar-refractivity contribution < 1.29 is 4.57 Å². The Bertz CT molecular complexity index is 1560. The third-order valence-corrected chi connectivity index (χ3v) is 7.51. The molecule has 0 spiro atoms. The van der Waals surface area contributed by atoms with Crippen LogP contribution in [0.25, 0.3) is 43.7 Å². The molecule has 29 heavy (non-hydrogen) atoms. The number of benzene rings is 3. The number of pyridine rings is 1. The summed E-state index contributed by atoms with van der Waals surface area (Å²) in [5.41, 5.74) is 9.99. The van der Waals surface area contributed by atoms with Gasteiger partial charge < -0.3 is 0 Å². The Hall–Kier alpha value is -3.13. The smallest absolute Gasteiger partial charge is 0.228 e. The van der Waals surface area contributed by atoms with E-state index >= 15 is 0 Å². The highest BCUT2D eigenvalue weighted by atomic mass is 15.2. The zero-order valence-electron chi connectivity index (χ0n) is 17.3. The summed E-state index contributed by atoms with van der Waals surface area (Å²) < 4.78 is 5.00. The number of aromatic nitrogens is 2. The van der Waals surface area contributed by atoms with Gasteiger partial charge in [0.15, 0.2) is 6.20 Å². The van der Waals surface area contributed by atoms with Gasteiger partial charge in [0.25, 0.3) is 0 Å². The molecule has 2 nitrogen and oxygen atoms in total. The molecule has 2 aliphatic rings. The maximum Gasteiger partial charge on any atom is 0.228 e. The van der Waals surface area contributed by atoms with E-state index in [1.807, 2.05) is 0 Å². The number of rotatable bonds is 0. The van der Waals surface area contributed by atoms with Gasteiger partial charge in [-0.15, -0.1) is 0 Å². The van der Waals surface area contributed by atoms with Crippen molar-refractivity contribution in [1.82, 2.24) is 4.57 Å². The topological polar surface area (TPSA) is 8.81 Å². The molecule has 0 atom stereocenters. The van der Waals surface area contributed by atoms with E-state index in [0.717, 1.165) is 6.67 Å². The Labute approximate surface area is 170 Å². The molecule has 7 rings (SSSR count). The number of fused-ring (bicyclic) bond motifs is 3. The minimum absolute atomic E-state index is 0.0216. The average molecular weight is 375 g/mol. The van der Waals surface area contributed by atoms with Crippen LogP contribution in [0.5, 0.6) is 0 Å². The summed E-state index contributed by atoms with van der Waals surface area (Å²) in [6.07, 6.45) is 2.29. The van der Waals surface area contributed by atoms with Crippen LogP contribution in [-0.2, 0) is 12.1 Å². The minimum Gasteiger partial charge on any atom is -0.289 e. The van der Waals surface area contributed by atoms with Crippen molar-refractivity contribution >= 4 is 32.4 Å². The largest absolute Gasteiger partial charge is 0.289 e. The molecular weight excluding hydrogens is 352 g/mol. The monoisotopic (exact) mass is 375 g/mol. The first kappa shape index (κ1) is 15.8. The van der Waals surface area contributed by atoms with E-state index in [-0.39, 0.29) is 5.41 Å². The van der Waals surface area contributed by atoms with Crippen molar-refractivity contribution in [2.24, 2.45) is 0 Å². The highest BCUT2D eigenvalue weighted by molar-refractivity contribution is 6.28. The predicted octanol–water partition coefficient (Wildman–Crippen LogP) is 5.98. The molecule has 1 aliphatic heterocycles. The van der Waals surface area contributed by atoms with Gasteiger partial charge in [-0.05, 0) is 47.2 Å². The SMILES string of the molecule is Cc1cc[n+]2c3c1C(C)(C)c1ccc4c5ccccc5c5cc(C)n(c5c4c1-3)C2. The van der Waals surface area contributed by atoms with Crippen molar-refractivity contribution in [2.45, 2.75) is 39.8 Å². The zero-order chi connectivity index (χ0) is 19.7. The summed E-state index contributed by atoms with van der Waals surface area (Å²) in [5.74, 6) is 0. The fraction of sp³-hybridized carbons (Fsp3) is 0.222. The predicted molar refractivity (Wildman–Crippen MR) is 120 cm³/mol. The maximum absolute atomic E-state index is 2.52. The van der Waals surface area contributed by atoms with Crippen molar-refractivity contribution in [3.63, 3.8) is 0 Å². The molecular formula is C27H23N2+. The van der Waals surface area contributed by atoms with E-state index < -0.39 is 0 Å². The second-order valence-electron chi connectivity index (χ2n) is 9.39. The molecule has 3 heterocycles. The molecule has 1 aliphatic carbocycles. The lowest BCUT2D eigenvalue weighted by Crippen LogP contribution is -2.40. The molecule has 0 unspecified atom stereocenters. The molecule has 0 N–H and O–H groups in total. The maximum atomic E-state index is 2.52. The van der Waals surface area contributed by atoms with Crippen LogP contribution in [-0.4, -0.2) is 4.57 Å². The van der Waals surface area contributed by atoms with Crippen LogP contribution in [0.1, 0.15) is 36.2 Å². The number of nitrogens with zero attached hydrogens (tertiary/aromatic N) is 2. The summed E-state index contributed by atoms with van der Waals surface area (Å²) in [7, 11) is 0. The summed E-state index contributed by atoms with van der Waals surface area (Å²) in [6.45, 7) is 10.2. The van der Waals surface area contributed by atoms with Gasteiger partial charge in [-0.25, -0.2) is 0 Å². The summed E-state index contributed by atoms with van der Waals surface area (Å²) in [4.78, 5) is 0. The van der Waals surface area contributed by atoms with Crippen LogP contribution in [0.2, 0.25) is 0 Å². The summed E-state index contributed by atoms with van der Waals surface area (Å²) >= 11 is 0. The van der Waals surface area contributed by atoms with Crippen LogP contribution in [0.3, 0.4) is 0 Å². The van der Waals surface area contributed by atoms with E-state index in [1.165, 1.54) is 66.1 Å². The van der Waals surface area contributed by atoms with Crippen LogP contribution < -0.4 is 4.57 Å².